The van der Waals surface area contributed by atoms with Crippen LogP contribution in [0.15, 0.2) is 24.3 Å². The quantitative estimate of drug-likeness (QED) is 0.884. The number of aromatic nitrogens is 1. The van der Waals surface area contributed by atoms with Crippen molar-refractivity contribution >= 4 is 16.9 Å². The zero-order valence-corrected chi connectivity index (χ0v) is 12.5. The number of H-pyrrole nitrogens is 1. The van der Waals surface area contributed by atoms with Gasteiger partial charge in [-0.25, -0.2) is 4.79 Å². The molecule has 0 aliphatic carbocycles. The van der Waals surface area contributed by atoms with Crippen molar-refractivity contribution in [3.63, 3.8) is 0 Å². The number of hydrogen-bond acceptors (Lipinski definition) is 4. The summed E-state index contributed by atoms with van der Waals surface area (Å²) in [5, 5.41) is 10.3. The third-order valence-electron chi connectivity index (χ3n) is 4.26. The first kappa shape index (κ1) is 14.6. The first-order chi connectivity index (χ1) is 10.7. The van der Waals surface area contributed by atoms with Crippen molar-refractivity contribution in [2.24, 2.45) is 5.41 Å². The van der Waals surface area contributed by atoms with Crippen molar-refractivity contribution in [1.82, 2.24) is 4.98 Å². The Hall–Kier alpha value is -2.32. The van der Waals surface area contributed by atoms with E-state index in [1.54, 1.807) is 0 Å². The van der Waals surface area contributed by atoms with E-state index in [0.29, 0.717) is 31.6 Å². The molecule has 1 saturated heterocycles. The number of ether oxygens (including phenoxy) is 2. The van der Waals surface area contributed by atoms with Gasteiger partial charge in [-0.05, 0) is 25.8 Å². The molecule has 1 aromatic heterocycles. The Balaban J connectivity index is 1.79. The van der Waals surface area contributed by atoms with Crippen molar-refractivity contribution in [3.8, 4) is 6.07 Å². The molecule has 22 heavy (non-hydrogen) atoms. The van der Waals surface area contributed by atoms with Crippen molar-refractivity contribution in [2.45, 2.75) is 19.8 Å². The van der Waals surface area contributed by atoms with E-state index in [4.69, 9.17) is 9.47 Å². The number of aromatic amines is 1. The van der Waals surface area contributed by atoms with E-state index in [9.17, 15) is 10.1 Å². The average molecular weight is 298 g/mol. The zero-order valence-electron chi connectivity index (χ0n) is 12.5. The molecule has 2 aromatic rings. The lowest BCUT2D eigenvalue weighted by atomic mass is 9.83. The van der Waals surface area contributed by atoms with Gasteiger partial charge in [0.05, 0.1) is 17.0 Å². The van der Waals surface area contributed by atoms with E-state index in [1.165, 1.54) is 0 Å². The molecule has 1 fully saturated rings. The molecular weight excluding hydrogens is 280 g/mol. The van der Waals surface area contributed by atoms with Crippen LogP contribution in [0.2, 0.25) is 0 Å². The Morgan fingerprint density at radius 1 is 1.41 bits per heavy atom. The van der Waals surface area contributed by atoms with Crippen molar-refractivity contribution in [1.29, 1.82) is 5.26 Å². The van der Waals surface area contributed by atoms with Gasteiger partial charge in [-0.15, -0.1) is 0 Å². The Kier molecular flexibility index (Phi) is 3.86. The van der Waals surface area contributed by atoms with Crippen LogP contribution in [0.1, 0.15) is 28.9 Å². The molecule has 0 spiro atoms. The summed E-state index contributed by atoms with van der Waals surface area (Å²) < 4.78 is 10.8. The molecule has 1 aromatic carbocycles. The molecule has 0 bridgehead atoms. The van der Waals surface area contributed by atoms with Crippen LogP contribution in [-0.2, 0) is 9.47 Å². The summed E-state index contributed by atoms with van der Waals surface area (Å²) in [5.41, 5.74) is 1.63. The largest absolute Gasteiger partial charge is 0.460 e. The first-order valence-corrected chi connectivity index (χ1v) is 7.39. The number of nitriles is 1. The van der Waals surface area contributed by atoms with Crippen LogP contribution in [-0.4, -0.2) is 30.8 Å². The molecule has 2 heterocycles. The molecule has 0 radical (unpaired) electrons. The number of rotatable bonds is 3. The summed E-state index contributed by atoms with van der Waals surface area (Å²) >= 11 is 0. The van der Waals surface area contributed by atoms with Crippen LogP contribution in [0, 0.1) is 23.7 Å². The van der Waals surface area contributed by atoms with Gasteiger partial charge in [0, 0.05) is 29.8 Å². The van der Waals surface area contributed by atoms with Crippen molar-refractivity contribution < 1.29 is 14.3 Å². The SMILES string of the molecule is Cc1[nH]c2ccccc2c1C(=O)OCC1(C#N)CCOCC1. The lowest BCUT2D eigenvalue weighted by molar-refractivity contribution is -0.00460. The molecule has 1 aliphatic rings. The average Bonchev–Trinajstić information content (AvgIpc) is 2.89. The highest BCUT2D eigenvalue weighted by Gasteiger charge is 2.34. The van der Waals surface area contributed by atoms with Crippen LogP contribution in [0.25, 0.3) is 10.9 Å². The van der Waals surface area contributed by atoms with Gasteiger partial charge in [0.1, 0.15) is 6.61 Å². The number of esters is 1. The van der Waals surface area contributed by atoms with E-state index < -0.39 is 5.41 Å². The Morgan fingerprint density at radius 3 is 2.86 bits per heavy atom. The summed E-state index contributed by atoms with van der Waals surface area (Å²) in [7, 11) is 0. The minimum atomic E-state index is -0.617. The predicted molar refractivity (Wildman–Crippen MR) is 81.4 cm³/mol. The number of benzene rings is 1. The van der Waals surface area contributed by atoms with Gasteiger partial charge >= 0.3 is 5.97 Å². The highest BCUT2D eigenvalue weighted by atomic mass is 16.5. The maximum atomic E-state index is 12.5. The molecular formula is C17H18N2O3. The number of carbonyl (C=O) groups is 1. The van der Waals surface area contributed by atoms with E-state index in [2.05, 4.69) is 11.1 Å². The standard InChI is InChI=1S/C17H18N2O3/c1-12-15(13-4-2-3-5-14(13)19-12)16(20)22-11-17(10-18)6-8-21-9-7-17/h2-5,19H,6-9,11H2,1H3. The van der Waals surface area contributed by atoms with Gasteiger partial charge in [-0.2, -0.15) is 5.26 Å². The fourth-order valence-electron chi connectivity index (χ4n) is 2.87. The van der Waals surface area contributed by atoms with E-state index in [0.717, 1.165) is 16.6 Å². The van der Waals surface area contributed by atoms with Gasteiger partial charge in [-0.3, -0.25) is 0 Å². The fraction of sp³-hybridized carbons (Fsp3) is 0.412. The molecule has 5 heteroatoms. The van der Waals surface area contributed by atoms with Gasteiger partial charge in [-0.1, -0.05) is 18.2 Å². The number of fused-ring (bicyclic) bond motifs is 1. The minimum absolute atomic E-state index is 0.116. The van der Waals surface area contributed by atoms with E-state index in [1.807, 2.05) is 31.2 Å². The topological polar surface area (TPSA) is 75.1 Å². The Bertz CT molecular complexity index is 736. The summed E-state index contributed by atoms with van der Waals surface area (Å²) in [5.74, 6) is -0.379. The highest BCUT2D eigenvalue weighted by Crippen LogP contribution is 2.31. The molecule has 0 amide bonds. The summed E-state index contributed by atoms with van der Waals surface area (Å²) in [4.78, 5) is 15.6. The van der Waals surface area contributed by atoms with Crippen molar-refractivity contribution in [2.75, 3.05) is 19.8 Å². The normalized spacial score (nSPS) is 17.1. The summed E-state index contributed by atoms with van der Waals surface area (Å²) in [6, 6.07) is 9.93. The second-order valence-electron chi connectivity index (χ2n) is 5.75. The molecule has 0 atom stereocenters. The van der Waals surface area contributed by atoms with Crippen LogP contribution in [0.3, 0.4) is 0 Å². The minimum Gasteiger partial charge on any atom is -0.460 e. The molecule has 0 saturated carbocycles. The molecule has 1 N–H and O–H groups in total. The Morgan fingerprint density at radius 2 is 2.14 bits per heavy atom. The lowest BCUT2D eigenvalue weighted by Crippen LogP contribution is -2.33. The first-order valence-electron chi connectivity index (χ1n) is 7.39. The number of aryl methyl sites for hydroxylation is 1. The second-order valence-corrected chi connectivity index (χ2v) is 5.75. The van der Waals surface area contributed by atoms with E-state index in [-0.39, 0.29) is 12.6 Å². The van der Waals surface area contributed by atoms with Gasteiger partial charge in [0.15, 0.2) is 0 Å². The van der Waals surface area contributed by atoms with Gasteiger partial charge in [0.25, 0.3) is 0 Å². The van der Waals surface area contributed by atoms with Gasteiger partial charge < -0.3 is 14.5 Å². The van der Waals surface area contributed by atoms with Gasteiger partial charge in [0.2, 0.25) is 0 Å². The number of nitrogens with zero attached hydrogens (tertiary/aromatic N) is 1. The number of carbonyl (C=O) groups excluding carboxylic acids is 1. The summed E-state index contributed by atoms with van der Waals surface area (Å²) in [6.45, 7) is 3.05. The number of hydrogen-bond donors (Lipinski definition) is 1. The Labute approximate surface area is 128 Å². The van der Waals surface area contributed by atoms with Crippen LogP contribution in [0.4, 0.5) is 0 Å². The maximum absolute atomic E-state index is 12.5. The summed E-state index contributed by atoms with van der Waals surface area (Å²) in [6.07, 6.45) is 1.20. The monoisotopic (exact) mass is 298 g/mol. The lowest BCUT2D eigenvalue weighted by Gasteiger charge is -2.29. The molecule has 3 rings (SSSR count). The number of para-hydroxylation sites is 1. The molecule has 114 valence electrons. The zero-order chi connectivity index (χ0) is 15.6. The molecule has 1 aliphatic heterocycles. The highest BCUT2D eigenvalue weighted by molar-refractivity contribution is 6.05. The van der Waals surface area contributed by atoms with Crippen molar-refractivity contribution in [3.05, 3.63) is 35.5 Å². The smallest absolute Gasteiger partial charge is 0.340 e. The third-order valence-corrected chi connectivity index (χ3v) is 4.26. The van der Waals surface area contributed by atoms with Crippen LogP contribution < -0.4 is 0 Å². The van der Waals surface area contributed by atoms with Crippen LogP contribution in [0.5, 0.6) is 0 Å². The maximum Gasteiger partial charge on any atom is 0.340 e. The molecule has 0 unspecified atom stereocenters. The fourth-order valence-corrected chi connectivity index (χ4v) is 2.87. The van der Waals surface area contributed by atoms with E-state index >= 15 is 0 Å². The van der Waals surface area contributed by atoms with Crippen LogP contribution >= 0.6 is 0 Å². The molecule has 5 nitrogen and oxygen atoms in total. The third kappa shape index (κ3) is 2.58. The second kappa shape index (κ2) is 5.82. The predicted octanol–water partition coefficient (Wildman–Crippen LogP) is 2.95. The number of nitrogens with one attached hydrogen (secondary N) is 1.